The fourth-order valence-electron chi connectivity index (χ4n) is 1.64. The lowest BCUT2D eigenvalue weighted by atomic mass is 10.0. The van der Waals surface area contributed by atoms with E-state index in [0.29, 0.717) is 11.3 Å². The summed E-state index contributed by atoms with van der Waals surface area (Å²) in [6.07, 6.45) is 0.785. The van der Waals surface area contributed by atoms with Gasteiger partial charge >= 0.3 is 0 Å². The number of benzene rings is 1. The maximum Gasteiger partial charge on any atom is 0.126 e. The van der Waals surface area contributed by atoms with Crippen LogP contribution in [0.3, 0.4) is 0 Å². The van der Waals surface area contributed by atoms with Gasteiger partial charge in [0.25, 0.3) is 0 Å². The van der Waals surface area contributed by atoms with Crippen LogP contribution in [-0.4, -0.2) is 10.1 Å². The number of aliphatic hydroxyl groups is 1. The molecule has 0 radical (unpaired) electrons. The topological polar surface area (TPSA) is 33.1 Å². The van der Waals surface area contributed by atoms with Gasteiger partial charge in [-0.1, -0.05) is 0 Å². The third-order valence-corrected chi connectivity index (χ3v) is 2.91. The van der Waals surface area contributed by atoms with Gasteiger partial charge in [0.1, 0.15) is 11.6 Å². The molecule has 0 aliphatic heterocycles. The lowest BCUT2D eigenvalue weighted by Gasteiger charge is -2.10. The van der Waals surface area contributed by atoms with Gasteiger partial charge in [0.15, 0.2) is 0 Å². The van der Waals surface area contributed by atoms with Crippen LogP contribution in [0.25, 0.3) is 0 Å². The molecule has 1 N–H and O–H groups in total. The minimum absolute atomic E-state index is 0.114. The van der Waals surface area contributed by atoms with E-state index in [-0.39, 0.29) is 6.42 Å². The Morgan fingerprint density at radius 3 is 2.39 bits per heavy atom. The summed E-state index contributed by atoms with van der Waals surface area (Å²) >= 11 is 3.24. The minimum atomic E-state index is -0.890. The van der Waals surface area contributed by atoms with Crippen molar-refractivity contribution < 1.29 is 13.9 Å². The van der Waals surface area contributed by atoms with Crippen molar-refractivity contribution in [2.45, 2.75) is 12.5 Å². The number of halogens is 3. The molecular weight excluding hydrogens is 304 g/mol. The van der Waals surface area contributed by atoms with E-state index < -0.39 is 17.7 Å². The Labute approximate surface area is 111 Å². The van der Waals surface area contributed by atoms with Crippen LogP contribution in [0.1, 0.15) is 17.4 Å². The first-order valence-electron chi connectivity index (χ1n) is 5.29. The zero-order valence-corrected chi connectivity index (χ0v) is 10.9. The van der Waals surface area contributed by atoms with Crippen molar-refractivity contribution in [3.05, 3.63) is 63.9 Å². The van der Waals surface area contributed by atoms with Crippen molar-refractivity contribution in [1.82, 2.24) is 4.98 Å². The summed E-state index contributed by atoms with van der Waals surface area (Å²) in [5.74, 6) is -1.30. The van der Waals surface area contributed by atoms with Crippen LogP contribution in [0.15, 0.2) is 41.0 Å². The standard InChI is InChI=1S/C13H10BrF2NO/c14-9-1-2-12(17-7-9)13(18)5-8-3-10(15)6-11(16)4-8/h1-4,6-7,13,18H,5H2. The number of hydrogen-bond acceptors (Lipinski definition) is 2. The minimum Gasteiger partial charge on any atom is -0.386 e. The first kappa shape index (κ1) is 13.1. The molecule has 94 valence electrons. The van der Waals surface area contributed by atoms with E-state index in [1.807, 2.05) is 0 Å². The first-order valence-corrected chi connectivity index (χ1v) is 6.08. The average molecular weight is 314 g/mol. The Hall–Kier alpha value is -1.33. The van der Waals surface area contributed by atoms with E-state index in [0.717, 1.165) is 10.5 Å². The van der Waals surface area contributed by atoms with Crippen molar-refractivity contribution in [3.8, 4) is 0 Å². The van der Waals surface area contributed by atoms with Gasteiger partial charge in [0.05, 0.1) is 11.8 Å². The van der Waals surface area contributed by atoms with E-state index in [1.165, 1.54) is 12.1 Å². The molecule has 1 aromatic heterocycles. The monoisotopic (exact) mass is 313 g/mol. The highest BCUT2D eigenvalue weighted by Crippen LogP contribution is 2.19. The Morgan fingerprint density at radius 2 is 1.83 bits per heavy atom. The van der Waals surface area contributed by atoms with Crippen LogP contribution in [0.2, 0.25) is 0 Å². The molecule has 2 rings (SSSR count). The summed E-state index contributed by atoms with van der Waals surface area (Å²) < 4.78 is 26.8. The molecule has 0 aliphatic rings. The van der Waals surface area contributed by atoms with Gasteiger partial charge in [-0.2, -0.15) is 0 Å². The Bertz CT molecular complexity index is 525. The van der Waals surface area contributed by atoms with Gasteiger partial charge in [0, 0.05) is 23.2 Å². The molecule has 0 aliphatic carbocycles. The van der Waals surface area contributed by atoms with Crippen LogP contribution in [0.4, 0.5) is 8.78 Å². The van der Waals surface area contributed by atoms with E-state index in [2.05, 4.69) is 20.9 Å². The molecule has 1 heterocycles. The zero-order valence-electron chi connectivity index (χ0n) is 9.28. The largest absolute Gasteiger partial charge is 0.386 e. The van der Waals surface area contributed by atoms with Gasteiger partial charge in [-0.05, 0) is 45.8 Å². The second-order valence-electron chi connectivity index (χ2n) is 3.90. The number of rotatable bonds is 3. The second-order valence-corrected chi connectivity index (χ2v) is 4.81. The summed E-state index contributed by atoms with van der Waals surface area (Å²) in [5, 5.41) is 9.92. The molecule has 2 nitrogen and oxygen atoms in total. The van der Waals surface area contributed by atoms with E-state index in [1.54, 1.807) is 18.3 Å². The van der Waals surface area contributed by atoms with E-state index in [4.69, 9.17) is 0 Å². The molecular formula is C13H10BrF2NO. The highest BCUT2D eigenvalue weighted by molar-refractivity contribution is 9.10. The molecule has 0 bridgehead atoms. The van der Waals surface area contributed by atoms with Crippen molar-refractivity contribution in [2.75, 3.05) is 0 Å². The number of pyridine rings is 1. The SMILES string of the molecule is OC(Cc1cc(F)cc(F)c1)c1ccc(Br)cn1. The first-order chi connectivity index (χ1) is 8.54. The number of hydrogen-bond donors (Lipinski definition) is 1. The molecule has 1 aromatic carbocycles. The summed E-state index contributed by atoms with van der Waals surface area (Å²) in [7, 11) is 0. The van der Waals surface area contributed by atoms with Crippen molar-refractivity contribution in [1.29, 1.82) is 0 Å². The van der Waals surface area contributed by atoms with Gasteiger partial charge < -0.3 is 5.11 Å². The van der Waals surface area contributed by atoms with Gasteiger partial charge in [0.2, 0.25) is 0 Å². The number of aromatic nitrogens is 1. The molecule has 2 aromatic rings. The van der Waals surface area contributed by atoms with Crippen LogP contribution in [0.5, 0.6) is 0 Å². The quantitative estimate of drug-likeness (QED) is 0.942. The van der Waals surface area contributed by atoms with Crippen molar-refractivity contribution in [2.24, 2.45) is 0 Å². The van der Waals surface area contributed by atoms with E-state index in [9.17, 15) is 13.9 Å². The van der Waals surface area contributed by atoms with Crippen LogP contribution in [-0.2, 0) is 6.42 Å². The smallest absolute Gasteiger partial charge is 0.126 e. The maximum atomic E-state index is 13.0. The molecule has 5 heteroatoms. The van der Waals surface area contributed by atoms with Crippen LogP contribution in [0, 0.1) is 11.6 Å². The summed E-state index contributed by atoms with van der Waals surface area (Å²) in [5.41, 5.74) is 0.854. The summed E-state index contributed by atoms with van der Waals surface area (Å²) in [4.78, 5) is 4.03. The lowest BCUT2D eigenvalue weighted by molar-refractivity contribution is 0.173. The highest BCUT2D eigenvalue weighted by Gasteiger charge is 2.11. The van der Waals surface area contributed by atoms with E-state index >= 15 is 0 Å². The molecule has 0 amide bonds. The summed E-state index contributed by atoms with van der Waals surface area (Å²) in [6.45, 7) is 0. The van der Waals surface area contributed by atoms with Gasteiger partial charge in [-0.3, -0.25) is 4.98 Å². The third-order valence-electron chi connectivity index (χ3n) is 2.44. The molecule has 1 atom stereocenters. The normalized spacial score (nSPS) is 12.4. The molecule has 0 fully saturated rings. The van der Waals surface area contributed by atoms with Crippen LogP contribution < -0.4 is 0 Å². The number of aliphatic hydroxyl groups excluding tert-OH is 1. The Balaban J connectivity index is 2.15. The number of nitrogens with zero attached hydrogens (tertiary/aromatic N) is 1. The predicted octanol–water partition coefficient (Wildman–Crippen LogP) is 3.40. The maximum absolute atomic E-state index is 13.0. The van der Waals surface area contributed by atoms with Crippen molar-refractivity contribution >= 4 is 15.9 Å². The van der Waals surface area contributed by atoms with Gasteiger partial charge in [-0.25, -0.2) is 8.78 Å². The molecule has 0 saturated heterocycles. The Morgan fingerprint density at radius 1 is 1.17 bits per heavy atom. The second kappa shape index (κ2) is 5.54. The third kappa shape index (κ3) is 3.34. The molecule has 1 unspecified atom stereocenters. The molecule has 0 saturated carbocycles. The Kier molecular flexibility index (Phi) is 4.04. The lowest BCUT2D eigenvalue weighted by Crippen LogP contribution is -2.04. The average Bonchev–Trinajstić information content (AvgIpc) is 2.28. The highest BCUT2D eigenvalue weighted by atomic mass is 79.9. The predicted molar refractivity (Wildman–Crippen MR) is 67.0 cm³/mol. The fourth-order valence-corrected chi connectivity index (χ4v) is 1.88. The molecule has 0 spiro atoms. The van der Waals surface area contributed by atoms with Gasteiger partial charge in [-0.15, -0.1) is 0 Å². The molecule has 18 heavy (non-hydrogen) atoms. The summed E-state index contributed by atoms with van der Waals surface area (Å²) in [6, 6.07) is 6.60. The van der Waals surface area contributed by atoms with Crippen LogP contribution >= 0.6 is 15.9 Å². The fraction of sp³-hybridized carbons (Fsp3) is 0.154. The van der Waals surface area contributed by atoms with Crippen molar-refractivity contribution in [3.63, 3.8) is 0 Å². The zero-order chi connectivity index (χ0) is 13.1.